The number of aliphatic carboxylic acids is 4. The van der Waals surface area contributed by atoms with E-state index in [0.717, 1.165) is 91.2 Å². The summed E-state index contributed by atoms with van der Waals surface area (Å²) >= 11 is 0. The van der Waals surface area contributed by atoms with Crippen LogP contribution in [-0.4, -0.2) is 241 Å². The van der Waals surface area contributed by atoms with E-state index in [1.165, 1.54) is 0 Å². The van der Waals surface area contributed by atoms with E-state index in [-0.39, 0.29) is 85.8 Å². The Balaban J connectivity index is 0.000000209. The van der Waals surface area contributed by atoms with Crippen molar-refractivity contribution in [1.29, 1.82) is 0 Å². The number of fused-ring (bicyclic) bond motifs is 1. The van der Waals surface area contributed by atoms with E-state index in [4.69, 9.17) is 23.7 Å². The molecule has 9 rings (SSSR count). The van der Waals surface area contributed by atoms with Gasteiger partial charge >= 0.3 is 23.9 Å². The monoisotopic (exact) mass is 1300 g/mol. The molecule has 4 aromatic carbocycles. The first-order valence-corrected chi connectivity index (χ1v) is 33.5. The van der Waals surface area contributed by atoms with Gasteiger partial charge in [-0.05, 0) is 153 Å². The minimum absolute atomic E-state index is 0.0336. The third kappa shape index (κ3) is 19.5. The van der Waals surface area contributed by atoms with Crippen LogP contribution in [0.25, 0.3) is 0 Å². The Morgan fingerprint density at radius 1 is 0.554 bits per heavy atom. The van der Waals surface area contributed by atoms with Gasteiger partial charge in [-0.3, -0.25) is 28.9 Å². The fourth-order valence-electron chi connectivity index (χ4n) is 13.5. The van der Waals surface area contributed by atoms with Gasteiger partial charge in [0.2, 0.25) is 22.7 Å². The quantitative estimate of drug-likeness (QED) is 0.0480. The molecule has 5 N–H and O–H groups in total. The molecule has 0 spiro atoms. The van der Waals surface area contributed by atoms with E-state index in [1.807, 2.05) is 151 Å². The first-order valence-electron chi connectivity index (χ1n) is 31.6. The van der Waals surface area contributed by atoms with Gasteiger partial charge < -0.3 is 68.6 Å². The molecule has 0 bridgehead atoms. The van der Waals surface area contributed by atoms with Crippen molar-refractivity contribution in [2.24, 2.45) is 23.7 Å². The SMILES string of the molecule is CCCCN(CCCN(C)C)C(=O)CN1C[C@H](c2ccc3c(c2)OCO3)[C@@H](C(=O)O)[C@@H]1CCNS(C)(=O)=O.COc1ccc([C@H]2CN(C)[C@@H](C)[C@@H]2C(=O)O)cc1.COc1ccc([C@H]2CN(C)[C@@H](C)[C@@H]2C(=O)O)cc1.COc1ccc([C@H]2CN(C)[C@@H](C)[C@@H]2C(=O)O)cc1. The van der Waals surface area contributed by atoms with Crippen LogP contribution < -0.4 is 28.4 Å². The summed E-state index contributed by atoms with van der Waals surface area (Å²) < 4.78 is 52.1. The molecular formula is C68H99N7O16S. The molecule has 0 saturated carbocycles. The van der Waals surface area contributed by atoms with Crippen molar-refractivity contribution in [2.75, 3.05) is 129 Å². The van der Waals surface area contributed by atoms with Gasteiger partial charge in [-0.15, -0.1) is 0 Å². The number of rotatable bonds is 24. The lowest BCUT2D eigenvalue weighted by atomic mass is 9.84. The summed E-state index contributed by atoms with van der Waals surface area (Å²) in [5.74, 6) is -1.67. The number of hydrogen-bond acceptors (Lipinski definition) is 17. The molecule has 92 heavy (non-hydrogen) atoms. The standard InChI is InChI=1S/C26H42N4O7S.3C14H19NO3/c1-5-6-13-29(14-7-12-28(2)3)24(31)17-30-16-20(19-8-9-22-23(15-19)37-18-36-22)25(26(32)33)21(30)10-11-27-38(4,34)35;3*1-9-13(14(16)17)12(8-15(9)2)10-4-6-11(18-3)7-5-10/h8-9,15,20-21,25,27H,5-7,10-14,16-18H2,1-4H3,(H,32,33);3*4-7,9,12-13H,8H2,1-3H3,(H,16,17)/t20-,21+,25-;3*9-,12+,13-/m1000/s1. The zero-order valence-corrected chi connectivity index (χ0v) is 56.6. The fraction of sp³-hybridized carbons (Fsp3) is 0.574. The molecule has 5 aliphatic heterocycles. The maximum atomic E-state index is 13.5. The molecule has 508 valence electrons. The Morgan fingerprint density at radius 2 is 0.935 bits per heavy atom. The summed E-state index contributed by atoms with van der Waals surface area (Å²) in [6.45, 7) is 13.2. The number of unbranched alkanes of at least 4 members (excludes halogenated alkanes) is 1. The zero-order valence-electron chi connectivity index (χ0n) is 55.8. The predicted octanol–water partition coefficient (Wildman–Crippen LogP) is 6.84. The van der Waals surface area contributed by atoms with Crippen LogP contribution in [0, 0.1) is 23.7 Å². The van der Waals surface area contributed by atoms with Gasteiger partial charge in [-0.1, -0.05) is 55.8 Å². The molecule has 0 aromatic heterocycles. The highest BCUT2D eigenvalue weighted by Gasteiger charge is 2.48. The highest BCUT2D eigenvalue weighted by Crippen LogP contribution is 2.44. The minimum Gasteiger partial charge on any atom is -0.497 e. The number of sulfonamides is 1. The molecule has 4 fully saturated rings. The minimum atomic E-state index is -3.43. The van der Waals surface area contributed by atoms with Gasteiger partial charge in [0.25, 0.3) is 0 Å². The van der Waals surface area contributed by atoms with Crippen LogP contribution in [0.2, 0.25) is 0 Å². The van der Waals surface area contributed by atoms with E-state index in [0.29, 0.717) is 31.1 Å². The van der Waals surface area contributed by atoms with E-state index in [9.17, 15) is 52.8 Å². The Hall–Kier alpha value is -7.06. The normalized spacial score (nSPS) is 25.4. The number of likely N-dealkylation sites (N-methyl/N-ethyl adjacent to an activating group) is 3. The molecule has 0 unspecified atom stereocenters. The Morgan fingerprint density at radius 3 is 1.30 bits per heavy atom. The Bertz CT molecular complexity index is 2960. The van der Waals surface area contributed by atoms with Crippen molar-refractivity contribution in [3.8, 4) is 28.7 Å². The molecule has 12 atom stereocenters. The van der Waals surface area contributed by atoms with Crippen molar-refractivity contribution < 1.29 is 76.5 Å². The van der Waals surface area contributed by atoms with Gasteiger partial charge in [0, 0.05) is 93.7 Å². The number of ether oxygens (including phenoxy) is 5. The van der Waals surface area contributed by atoms with Gasteiger partial charge in [-0.25, -0.2) is 13.1 Å². The zero-order chi connectivity index (χ0) is 67.7. The number of nitrogens with zero attached hydrogens (tertiary/aromatic N) is 6. The molecule has 4 saturated heterocycles. The molecule has 5 heterocycles. The summed E-state index contributed by atoms with van der Waals surface area (Å²) in [4.78, 5) is 72.5. The van der Waals surface area contributed by atoms with E-state index < -0.39 is 51.8 Å². The van der Waals surface area contributed by atoms with Crippen LogP contribution in [0.1, 0.15) is 99.3 Å². The summed E-state index contributed by atoms with van der Waals surface area (Å²) in [6.07, 6.45) is 4.06. The van der Waals surface area contributed by atoms with E-state index in [1.54, 1.807) is 27.4 Å². The van der Waals surface area contributed by atoms with Crippen LogP contribution in [0.15, 0.2) is 91.0 Å². The number of carboxylic acid groups (broad SMARTS) is 4. The van der Waals surface area contributed by atoms with E-state index in [2.05, 4.69) is 31.2 Å². The molecule has 5 aliphatic rings. The molecule has 4 aromatic rings. The average molecular weight is 1300 g/mol. The lowest BCUT2D eigenvalue weighted by Gasteiger charge is -2.30. The number of carbonyl (C=O) groups is 5. The topological polar surface area (TPSA) is 278 Å². The van der Waals surface area contributed by atoms with Crippen LogP contribution in [0.5, 0.6) is 28.7 Å². The number of benzene rings is 4. The predicted molar refractivity (Wildman–Crippen MR) is 351 cm³/mol. The number of carbonyl (C=O) groups excluding carboxylic acids is 1. The molecule has 1 amide bonds. The lowest BCUT2D eigenvalue weighted by Crippen LogP contribution is -2.46. The van der Waals surface area contributed by atoms with Crippen LogP contribution in [-0.2, 0) is 34.0 Å². The summed E-state index contributed by atoms with van der Waals surface area (Å²) in [5, 5.41) is 38.4. The first kappa shape index (κ1) is 74.0. The molecule has 0 radical (unpaired) electrons. The van der Waals surface area contributed by atoms with Crippen molar-refractivity contribution in [3.05, 3.63) is 113 Å². The second-order valence-electron chi connectivity index (χ2n) is 25.2. The summed E-state index contributed by atoms with van der Waals surface area (Å²) in [5.41, 5.74) is 4.00. The molecular weight excluding hydrogens is 1200 g/mol. The first-order chi connectivity index (χ1) is 43.6. The number of nitrogens with one attached hydrogen (secondary N) is 1. The number of amides is 1. The second-order valence-corrected chi connectivity index (χ2v) is 27.0. The number of carboxylic acids is 4. The summed E-state index contributed by atoms with van der Waals surface area (Å²) in [7, 11) is 11.4. The van der Waals surface area contributed by atoms with Gasteiger partial charge in [0.1, 0.15) is 17.2 Å². The third-order valence-corrected chi connectivity index (χ3v) is 19.8. The van der Waals surface area contributed by atoms with Gasteiger partial charge in [0.05, 0.1) is 57.8 Å². The average Bonchev–Trinajstić information content (AvgIpc) is 1.76. The van der Waals surface area contributed by atoms with Crippen LogP contribution in [0.3, 0.4) is 0 Å². The van der Waals surface area contributed by atoms with E-state index >= 15 is 0 Å². The molecule has 24 heteroatoms. The lowest BCUT2D eigenvalue weighted by molar-refractivity contribution is -0.144. The van der Waals surface area contributed by atoms with Crippen molar-refractivity contribution in [3.63, 3.8) is 0 Å². The molecule has 23 nitrogen and oxygen atoms in total. The van der Waals surface area contributed by atoms with Crippen LogP contribution in [0.4, 0.5) is 0 Å². The number of methoxy groups -OCH3 is 3. The smallest absolute Gasteiger partial charge is 0.308 e. The second kappa shape index (κ2) is 34.2. The van der Waals surface area contributed by atoms with Crippen molar-refractivity contribution in [2.45, 2.75) is 101 Å². The number of likely N-dealkylation sites (tertiary alicyclic amines) is 4. The maximum Gasteiger partial charge on any atom is 0.308 e. The maximum absolute atomic E-state index is 13.5. The largest absolute Gasteiger partial charge is 0.497 e. The van der Waals surface area contributed by atoms with Crippen molar-refractivity contribution >= 4 is 39.8 Å². The Kier molecular flexibility index (Phi) is 27.5. The highest BCUT2D eigenvalue weighted by atomic mass is 32.2. The third-order valence-electron chi connectivity index (χ3n) is 19.1. The van der Waals surface area contributed by atoms with Gasteiger partial charge in [0.15, 0.2) is 11.5 Å². The fourth-order valence-corrected chi connectivity index (χ4v) is 14.0. The molecule has 0 aliphatic carbocycles. The highest BCUT2D eigenvalue weighted by molar-refractivity contribution is 7.88. The summed E-state index contributed by atoms with van der Waals surface area (Å²) in [6, 6.07) is 28.2. The van der Waals surface area contributed by atoms with Crippen LogP contribution >= 0.6 is 0 Å². The Labute approximate surface area is 543 Å². The van der Waals surface area contributed by atoms with Gasteiger partial charge in [-0.2, -0.15) is 0 Å². The van der Waals surface area contributed by atoms with Crippen molar-refractivity contribution in [1.82, 2.24) is 34.1 Å². The number of hydrogen-bond donors (Lipinski definition) is 5.